The van der Waals surface area contributed by atoms with Crippen LogP contribution in [0.1, 0.15) is 18.5 Å². The summed E-state index contributed by atoms with van der Waals surface area (Å²) in [6, 6.07) is 3.20. The minimum Gasteiger partial charge on any atom is -0.493 e. The van der Waals surface area contributed by atoms with Gasteiger partial charge < -0.3 is 4.74 Å². The zero-order chi connectivity index (χ0) is 12.0. The van der Waals surface area contributed by atoms with E-state index in [0.717, 1.165) is 0 Å². The van der Waals surface area contributed by atoms with Gasteiger partial charge in [-0.15, -0.1) is 11.6 Å². The van der Waals surface area contributed by atoms with Gasteiger partial charge in [0.05, 0.1) is 18.2 Å². The summed E-state index contributed by atoms with van der Waals surface area (Å²) < 4.78 is 40.6. The van der Waals surface area contributed by atoms with Gasteiger partial charge in [-0.2, -0.15) is 13.2 Å². The molecule has 0 N–H and O–H groups in total. The van der Waals surface area contributed by atoms with Crippen LogP contribution in [-0.4, -0.2) is 17.8 Å². The van der Waals surface area contributed by atoms with Crippen LogP contribution in [0.25, 0.3) is 0 Å². The maximum Gasteiger partial charge on any atom is 0.389 e. The van der Waals surface area contributed by atoms with E-state index in [1.165, 1.54) is 6.20 Å². The number of pyridine rings is 1. The molecule has 16 heavy (non-hydrogen) atoms. The van der Waals surface area contributed by atoms with Crippen molar-refractivity contribution >= 4 is 11.6 Å². The van der Waals surface area contributed by atoms with Crippen LogP contribution >= 0.6 is 11.6 Å². The summed E-state index contributed by atoms with van der Waals surface area (Å²) in [5, 5.41) is 0. The minimum absolute atomic E-state index is 0.0330. The van der Waals surface area contributed by atoms with Crippen molar-refractivity contribution in [2.75, 3.05) is 6.61 Å². The molecular weight excluding hydrogens is 243 g/mol. The third-order valence-electron chi connectivity index (χ3n) is 1.80. The molecule has 0 amide bonds. The highest BCUT2D eigenvalue weighted by Gasteiger charge is 2.26. The maximum atomic E-state index is 11.8. The van der Waals surface area contributed by atoms with Gasteiger partial charge in [0.1, 0.15) is 5.75 Å². The van der Waals surface area contributed by atoms with Crippen LogP contribution < -0.4 is 4.74 Å². The smallest absolute Gasteiger partial charge is 0.389 e. The van der Waals surface area contributed by atoms with Crippen molar-refractivity contribution in [3.05, 3.63) is 24.0 Å². The van der Waals surface area contributed by atoms with E-state index in [-0.39, 0.29) is 18.9 Å². The van der Waals surface area contributed by atoms with Gasteiger partial charge in [0.2, 0.25) is 0 Å². The molecule has 6 heteroatoms. The van der Waals surface area contributed by atoms with Crippen molar-refractivity contribution in [1.29, 1.82) is 0 Å². The van der Waals surface area contributed by atoms with Crippen LogP contribution in [0, 0.1) is 0 Å². The van der Waals surface area contributed by atoms with Crippen molar-refractivity contribution in [2.45, 2.75) is 24.9 Å². The molecule has 1 aromatic heterocycles. The molecule has 0 aliphatic carbocycles. The van der Waals surface area contributed by atoms with Crippen LogP contribution in [0.2, 0.25) is 0 Å². The third-order valence-corrected chi connectivity index (χ3v) is 2.07. The first-order chi connectivity index (χ1) is 7.51. The Morgan fingerprint density at radius 3 is 2.75 bits per heavy atom. The fourth-order valence-electron chi connectivity index (χ4n) is 1.08. The van der Waals surface area contributed by atoms with E-state index in [1.807, 2.05) is 0 Å². The summed E-state index contributed by atoms with van der Waals surface area (Å²) in [5.41, 5.74) is 0.634. The molecule has 0 bridgehead atoms. The topological polar surface area (TPSA) is 22.1 Å². The van der Waals surface area contributed by atoms with Crippen LogP contribution in [0.3, 0.4) is 0 Å². The van der Waals surface area contributed by atoms with Gasteiger partial charge in [-0.3, -0.25) is 4.98 Å². The Labute approximate surface area is 96.4 Å². The Morgan fingerprint density at radius 2 is 2.12 bits per heavy atom. The normalized spacial score (nSPS) is 11.5. The molecule has 0 saturated heterocycles. The standard InChI is InChI=1S/C10H11ClF3NO/c11-7-8-6-9(2-4-15-8)16-5-1-3-10(12,13)14/h2,4,6H,1,3,5,7H2. The summed E-state index contributed by atoms with van der Waals surface area (Å²) >= 11 is 5.55. The lowest BCUT2D eigenvalue weighted by Crippen LogP contribution is -2.09. The number of ether oxygens (including phenoxy) is 1. The molecule has 0 fully saturated rings. The van der Waals surface area contributed by atoms with Crippen LogP contribution in [-0.2, 0) is 5.88 Å². The van der Waals surface area contributed by atoms with Crippen LogP contribution in [0.4, 0.5) is 13.2 Å². The number of rotatable bonds is 5. The number of hydrogen-bond acceptors (Lipinski definition) is 2. The molecular formula is C10H11ClF3NO. The predicted octanol–water partition coefficient (Wildman–Crippen LogP) is 3.54. The van der Waals surface area contributed by atoms with Crippen molar-refractivity contribution in [3.8, 4) is 5.75 Å². The first-order valence-corrected chi connectivity index (χ1v) is 5.25. The molecule has 1 aromatic rings. The van der Waals surface area contributed by atoms with Gasteiger partial charge in [0.25, 0.3) is 0 Å². The van der Waals surface area contributed by atoms with E-state index in [2.05, 4.69) is 4.98 Å². The summed E-state index contributed by atoms with van der Waals surface area (Å²) in [4.78, 5) is 3.93. The highest BCUT2D eigenvalue weighted by atomic mass is 35.5. The fraction of sp³-hybridized carbons (Fsp3) is 0.500. The molecule has 2 nitrogen and oxygen atoms in total. The average Bonchev–Trinajstić information content (AvgIpc) is 2.23. The van der Waals surface area contributed by atoms with Gasteiger partial charge in [-0.1, -0.05) is 0 Å². The minimum atomic E-state index is -4.12. The van der Waals surface area contributed by atoms with Gasteiger partial charge in [0.15, 0.2) is 0 Å². The molecule has 1 heterocycles. The molecule has 0 aliphatic rings. The number of nitrogens with zero attached hydrogens (tertiary/aromatic N) is 1. The van der Waals surface area contributed by atoms with Crippen molar-refractivity contribution < 1.29 is 17.9 Å². The second kappa shape index (κ2) is 5.94. The summed E-state index contributed by atoms with van der Waals surface area (Å²) in [7, 11) is 0. The Balaban J connectivity index is 2.32. The molecule has 0 aliphatic heterocycles. The molecule has 0 unspecified atom stereocenters. The second-order valence-corrected chi connectivity index (χ2v) is 3.45. The van der Waals surface area contributed by atoms with Gasteiger partial charge in [-0.25, -0.2) is 0 Å². The van der Waals surface area contributed by atoms with Crippen molar-refractivity contribution in [1.82, 2.24) is 4.98 Å². The van der Waals surface area contributed by atoms with Crippen LogP contribution in [0.5, 0.6) is 5.75 Å². The Bertz CT molecular complexity index is 330. The molecule has 1 rings (SSSR count). The van der Waals surface area contributed by atoms with Gasteiger partial charge >= 0.3 is 6.18 Å². The van der Waals surface area contributed by atoms with Gasteiger partial charge in [0, 0.05) is 18.7 Å². The molecule has 0 saturated carbocycles. The molecule has 0 radical (unpaired) electrons. The van der Waals surface area contributed by atoms with E-state index in [9.17, 15) is 13.2 Å². The first-order valence-electron chi connectivity index (χ1n) is 4.72. The number of aromatic nitrogens is 1. The lowest BCUT2D eigenvalue weighted by Gasteiger charge is -2.08. The summed E-state index contributed by atoms with van der Waals surface area (Å²) in [6.45, 7) is 0.0330. The summed E-state index contributed by atoms with van der Waals surface area (Å²) in [5.74, 6) is 0.743. The van der Waals surface area contributed by atoms with E-state index in [0.29, 0.717) is 11.4 Å². The highest BCUT2D eigenvalue weighted by molar-refractivity contribution is 6.16. The van der Waals surface area contributed by atoms with E-state index in [4.69, 9.17) is 16.3 Å². The van der Waals surface area contributed by atoms with E-state index in [1.54, 1.807) is 12.1 Å². The molecule has 0 spiro atoms. The SMILES string of the molecule is FC(F)(F)CCCOc1ccnc(CCl)c1. The average molecular weight is 254 g/mol. The molecule has 0 aromatic carbocycles. The second-order valence-electron chi connectivity index (χ2n) is 3.18. The van der Waals surface area contributed by atoms with E-state index >= 15 is 0 Å². The Kier molecular flexibility index (Phi) is 4.86. The Hall–Kier alpha value is -0.970. The van der Waals surface area contributed by atoms with Crippen molar-refractivity contribution in [3.63, 3.8) is 0 Å². The lowest BCUT2D eigenvalue weighted by molar-refractivity contribution is -0.136. The number of alkyl halides is 4. The van der Waals surface area contributed by atoms with Gasteiger partial charge in [-0.05, 0) is 12.5 Å². The summed E-state index contributed by atoms with van der Waals surface area (Å²) in [6.07, 6.45) is -3.50. The lowest BCUT2D eigenvalue weighted by atomic mass is 10.3. The van der Waals surface area contributed by atoms with E-state index < -0.39 is 12.6 Å². The third kappa shape index (κ3) is 5.21. The molecule has 0 atom stereocenters. The molecule has 90 valence electrons. The zero-order valence-corrected chi connectivity index (χ0v) is 9.18. The monoisotopic (exact) mass is 253 g/mol. The Morgan fingerprint density at radius 1 is 1.38 bits per heavy atom. The number of hydrogen-bond donors (Lipinski definition) is 0. The fourth-order valence-corrected chi connectivity index (χ4v) is 1.23. The van der Waals surface area contributed by atoms with Crippen LogP contribution in [0.15, 0.2) is 18.3 Å². The van der Waals surface area contributed by atoms with Crippen molar-refractivity contribution in [2.24, 2.45) is 0 Å². The zero-order valence-electron chi connectivity index (χ0n) is 8.43. The largest absolute Gasteiger partial charge is 0.493 e. The maximum absolute atomic E-state index is 11.8. The highest BCUT2D eigenvalue weighted by Crippen LogP contribution is 2.21. The predicted molar refractivity (Wildman–Crippen MR) is 54.6 cm³/mol. The number of halogens is 4. The first kappa shape index (κ1) is 13.1. The quantitative estimate of drug-likeness (QED) is 0.591.